The van der Waals surface area contributed by atoms with Crippen LogP contribution >= 0.6 is 11.3 Å². The van der Waals surface area contributed by atoms with E-state index in [0.29, 0.717) is 48.2 Å². The Labute approximate surface area is 226 Å². The fraction of sp³-hybridized carbons (Fsp3) is 0.320. The average Bonchev–Trinajstić information content (AvgIpc) is 3.72. The van der Waals surface area contributed by atoms with Gasteiger partial charge in [0.05, 0.1) is 25.5 Å². The maximum Gasteiger partial charge on any atom is 0.227 e. The molecule has 13 heteroatoms. The number of thiophene rings is 1. The summed E-state index contributed by atoms with van der Waals surface area (Å²) in [7, 11) is -1.24. The predicted octanol–water partition coefficient (Wildman–Crippen LogP) is 3.08. The molecule has 0 aliphatic rings. The Morgan fingerprint density at radius 3 is 2.71 bits per heavy atom. The second-order valence-corrected chi connectivity index (χ2v) is 11.3. The zero-order chi connectivity index (χ0) is 26.3. The number of hydrogen-bond acceptors (Lipinski definition) is 10. The third-order valence-corrected chi connectivity index (χ3v) is 8.27. The van der Waals surface area contributed by atoms with E-state index in [9.17, 15) is 9.32 Å². The molecule has 0 aliphatic carbocycles. The predicted molar refractivity (Wildman–Crippen MR) is 149 cm³/mol. The van der Waals surface area contributed by atoms with Gasteiger partial charge in [-0.05, 0) is 30.5 Å². The number of hydrogen-bond donors (Lipinski definition) is 3. The van der Waals surface area contributed by atoms with Crippen molar-refractivity contribution in [3.63, 3.8) is 0 Å². The molecular formula is C25H29N9O2S2. The summed E-state index contributed by atoms with van der Waals surface area (Å²) in [5.74, 6) is 1.55. The number of aliphatic hydroxyl groups excluding tert-OH is 1. The molecule has 5 aromatic rings. The Morgan fingerprint density at radius 1 is 1.11 bits per heavy atom. The zero-order valence-corrected chi connectivity index (χ0v) is 22.5. The van der Waals surface area contributed by atoms with Crippen LogP contribution in [-0.2, 0) is 30.5 Å². The van der Waals surface area contributed by atoms with Gasteiger partial charge in [-0.25, -0.2) is 14.2 Å². The van der Waals surface area contributed by atoms with Crippen molar-refractivity contribution in [2.24, 2.45) is 0 Å². The first-order chi connectivity index (χ1) is 18.6. The highest BCUT2D eigenvalue weighted by Crippen LogP contribution is 2.25. The summed E-state index contributed by atoms with van der Waals surface area (Å²) in [6.45, 7) is 3.19. The van der Waals surface area contributed by atoms with E-state index >= 15 is 0 Å². The summed E-state index contributed by atoms with van der Waals surface area (Å²) in [6.07, 6.45) is 6.06. The number of aromatic nitrogens is 7. The fourth-order valence-corrected chi connectivity index (χ4v) is 5.92. The lowest BCUT2D eigenvalue weighted by Gasteiger charge is -2.15. The van der Waals surface area contributed by atoms with E-state index in [4.69, 9.17) is 4.98 Å². The number of rotatable bonds is 13. The zero-order valence-electron chi connectivity index (χ0n) is 20.9. The summed E-state index contributed by atoms with van der Waals surface area (Å²) in [5, 5.41) is 20.3. The molecule has 5 rings (SSSR count). The molecule has 0 saturated carbocycles. The molecule has 0 amide bonds. The summed E-state index contributed by atoms with van der Waals surface area (Å²) < 4.78 is 15.7. The molecular weight excluding hydrogens is 522 g/mol. The van der Waals surface area contributed by atoms with Gasteiger partial charge >= 0.3 is 0 Å². The van der Waals surface area contributed by atoms with Crippen molar-refractivity contribution in [2.45, 2.75) is 38.9 Å². The van der Waals surface area contributed by atoms with Crippen molar-refractivity contribution in [1.82, 2.24) is 33.7 Å². The van der Waals surface area contributed by atoms with E-state index in [1.807, 2.05) is 29.7 Å². The van der Waals surface area contributed by atoms with Crippen LogP contribution in [0.4, 0.5) is 11.8 Å². The maximum atomic E-state index is 12.3. The van der Waals surface area contributed by atoms with Gasteiger partial charge in [0.15, 0.2) is 17.0 Å². The molecule has 38 heavy (non-hydrogen) atoms. The molecule has 3 N–H and O–H groups in total. The number of aryl methyl sites for hydroxylation is 1. The van der Waals surface area contributed by atoms with Gasteiger partial charge in [0, 0.05) is 22.1 Å². The SMILES string of the molecule is CC[C@H](CO)Nc1nc(NCc2ccccc2)c2ncn(Cc3ccc(CCS(=O)n4cncn4)s3)c2n1. The first kappa shape index (κ1) is 25.9. The van der Waals surface area contributed by atoms with Crippen LogP contribution in [0.5, 0.6) is 0 Å². The highest BCUT2D eigenvalue weighted by molar-refractivity contribution is 7.83. The van der Waals surface area contributed by atoms with E-state index in [-0.39, 0.29) is 12.6 Å². The molecule has 0 spiro atoms. The summed E-state index contributed by atoms with van der Waals surface area (Å²) in [5.41, 5.74) is 2.52. The van der Waals surface area contributed by atoms with E-state index in [1.54, 1.807) is 17.7 Å². The van der Waals surface area contributed by atoms with Gasteiger partial charge in [0.25, 0.3) is 0 Å². The van der Waals surface area contributed by atoms with Crippen LogP contribution in [0, 0.1) is 0 Å². The van der Waals surface area contributed by atoms with E-state index in [0.717, 1.165) is 21.7 Å². The lowest BCUT2D eigenvalue weighted by atomic mass is 10.2. The summed E-state index contributed by atoms with van der Waals surface area (Å²) in [6, 6.07) is 14.1. The van der Waals surface area contributed by atoms with Gasteiger partial charge in [-0.15, -0.1) is 16.4 Å². The van der Waals surface area contributed by atoms with Crippen molar-refractivity contribution in [3.05, 3.63) is 76.8 Å². The topological polar surface area (TPSA) is 136 Å². The van der Waals surface area contributed by atoms with Gasteiger partial charge in [-0.1, -0.05) is 37.3 Å². The van der Waals surface area contributed by atoms with E-state index < -0.39 is 11.0 Å². The lowest BCUT2D eigenvalue weighted by molar-refractivity contribution is 0.271. The normalized spacial score (nSPS) is 13.0. The molecule has 0 bridgehead atoms. The quantitative estimate of drug-likeness (QED) is 0.202. The van der Waals surface area contributed by atoms with Crippen molar-refractivity contribution >= 4 is 45.3 Å². The molecule has 4 aromatic heterocycles. The molecule has 2 atom stereocenters. The first-order valence-corrected chi connectivity index (χ1v) is 14.4. The van der Waals surface area contributed by atoms with E-state index in [1.165, 1.54) is 16.7 Å². The number of nitrogens with one attached hydrogen (secondary N) is 2. The summed E-state index contributed by atoms with van der Waals surface area (Å²) >= 11 is 1.68. The second kappa shape index (κ2) is 12.2. The van der Waals surface area contributed by atoms with Crippen molar-refractivity contribution in [1.29, 1.82) is 0 Å². The van der Waals surface area contributed by atoms with Crippen LogP contribution in [0.25, 0.3) is 11.2 Å². The minimum atomic E-state index is -1.24. The van der Waals surface area contributed by atoms with Crippen LogP contribution in [0.1, 0.15) is 28.7 Å². The van der Waals surface area contributed by atoms with Crippen molar-refractivity contribution in [2.75, 3.05) is 23.0 Å². The number of benzene rings is 1. The van der Waals surface area contributed by atoms with Gasteiger partial charge in [-0.3, -0.25) is 0 Å². The Kier molecular flexibility index (Phi) is 8.36. The van der Waals surface area contributed by atoms with Crippen LogP contribution in [0.15, 0.2) is 61.4 Å². The highest BCUT2D eigenvalue weighted by Gasteiger charge is 2.16. The van der Waals surface area contributed by atoms with Crippen LogP contribution in [0.2, 0.25) is 0 Å². The molecule has 1 aromatic carbocycles. The molecule has 0 aliphatic heterocycles. The maximum absolute atomic E-state index is 12.3. The minimum Gasteiger partial charge on any atom is -0.394 e. The standard InChI is InChI=1S/C25H29N9O2S2/c1-2-19(14-35)30-25-31-23(27-12-18-6-4-3-5-7-18)22-24(32-25)33(17-28-22)13-21-9-8-20(37-21)10-11-38(36)34-16-26-15-29-34/h3-9,15-17,19,35H,2,10-14H2,1H3,(H2,27,30,31,32)/t19-,38?/m1/s1. The Hall–Kier alpha value is -3.68. The number of imidazole rings is 1. The Balaban J connectivity index is 1.35. The fourth-order valence-electron chi connectivity index (χ4n) is 3.88. The highest BCUT2D eigenvalue weighted by atomic mass is 32.2. The number of fused-ring (bicyclic) bond motifs is 1. The number of aliphatic hydroxyl groups is 1. The third-order valence-electron chi connectivity index (χ3n) is 5.99. The molecule has 0 radical (unpaired) electrons. The largest absolute Gasteiger partial charge is 0.394 e. The van der Waals surface area contributed by atoms with E-state index in [2.05, 4.69) is 54.9 Å². The smallest absolute Gasteiger partial charge is 0.227 e. The number of anilines is 2. The molecule has 4 heterocycles. The molecule has 198 valence electrons. The van der Waals surface area contributed by atoms with Gasteiger partial charge in [0.1, 0.15) is 23.6 Å². The second-order valence-electron chi connectivity index (χ2n) is 8.65. The number of nitrogens with zero attached hydrogens (tertiary/aromatic N) is 7. The van der Waals surface area contributed by atoms with Gasteiger partial charge < -0.3 is 20.3 Å². The average molecular weight is 552 g/mol. The first-order valence-electron chi connectivity index (χ1n) is 12.3. The summed E-state index contributed by atoms with van der Waals surface area (Å²) in [4.78, 5) is 20.2. The molecule has 1 unspecified atom stereocenters. The van der Waals surface area contributed by atoms with Crippen molar-refractivity contribution in [3.8, 4) is 0 Å². The molecule has 0 saturated heterocycles. The van der Waals surface area contributed by atoms with Crippen LogP contribution < -0.4 is 10.6 Å². The third kappa shape index (κ3) is 6.23. The minimum absolute atomic E-state index is 0.0103. The van der Waals surface area contributed by atoms with Crippen LogP contribution in [0.3, 0.4) is 0 Å². The monoisotopic (exact) mass is 551 g/mol. The molecule has 0 fully saturated rings. The Bertz CT molecular complexity index is 1480. The Morgan fingerprint density at radius 2 is 1.95 bits per heavy atom. The molecule has 11 nitrogen and oxygen atoms in total. The van der Waals surface area contributed by atoms with Crippen molar-refractivity contribution < 1.29 is 9.32 Å². The van der Waals surface area contributed by atoms with Crippen LogP contribution in [-0.4, -0.2) is 61.4 Å². The van der Waals surface area contributed by atoms with Gasteiger partial charge in [0.2, 0.25) is 5.95 Å². The van der Waals surface area contributed by atoms with Gasteiger partial charge in [-0.2, -0.15) is 14.1 Å². The lowest BCUT2D eigenvalue weighted by Crippen LogP contribution is -2.24.